The third-order valence-electron chi connectivity index (χ3n) is 9.65. The van der Waals surface area contributed by atoms with Gasteiger partial charge in [-0.2, -0.15) is 0 Å². The molecule has 56 heavy (non-hydrogen) atoms. The molecule has 0 bridgehead atoms. The topological polar surface area (TPSA) is 34.0 Å². The van der Waals surface area contributed by atoms with Crippen LogP contribution in [0.4, 0.5) is 0 Å². The molecule has 4 aromatic heterocycles. The maximum absolute atomic E-state index is 6.68. The van der Waals surface area contributed by atoms with Gasteiger partial charge in [0.05, 0.1) is 0 Å². The zero-order chi connectivity index (χ0) is 35.3. The maximum Gasteiger partial charge on any atom is 0.182 e. The largest absolute Gasteiger partial charge is 1.00 e. The molecule has 0 spiro atoms. The van der Waals surface area contributed by atoms with Crippen molar-refractivity contribution in [1.82, 2.24) is 0 Å². The summed E-state index contributed by atoms with van der Waals surface area (Å²) in [6.45, 7) is 2.47. The molecule has 8 rings (SSSR count). The molecule has 0 unspecified atom stereocenters. The molecule has 4 aromatic carbocycles. The van der Waals surface area contributed by atoms with E-state index in [0.29, 0.717) is 26.3 Å². The van der Waals surface area contributed by atoms with Gasteiger partial charge in [-0.05, 0) is 55.9 Å². The Labute approximate surface area is 384 Å². The molecule has 286 valence electrons. The standard InChI is InChI=1S/C46H42N4O2.2BrH.2HI/c1-47-23-15-35(16-24-47)37-19-27-49(28-20-37)31-33-51-43-13-11-39-7-3-5-9-41(39)45(43)46-42-10-6-4-8-40(42)12-14-44(46)52-34-32-50-29-21-38(22-30-50)36-17-25-48(2)26-18-36;;;;/h3-30H,31-34H2,1-2H3;4*1H/q+4;;;;/p-4. The number of hydrogen-bond donors (Lipinski definition) is 0. The molecule has 0 aliphatic carbocycles. The average molecular weight is 1100 g/mol. The van der Waals surface area contributed by atoms with Gasteiger partial charge in [-0.25, -0.2) is 18.3 Å². The summed E-state index contributed by atoms with van der Waals surface area (Å²) in [7, 11) is 4.06. The van der Waals surface area contributed by atoms with Crippen LogP contribution in [0.1, 0.15) is 0 Å². The van der Waals surface area contributed by atoms with Gasteiger partial charge in [-0.1, -0.05) is 60.7 Å². The number of benzene rings is 4. The van der Waals surface area contributed by atoms with Gasteiger partial charge in [-0.3, -0.25) is 0 Å². The van der Waals surface area contributed by atoms with Gasteiger partial charge in [0.2, 0.25) is 0 Å². The summed E-state index contributed by atoms with van der Waals surface area (Å²) >= 11 is 0. The molecule has 0 amide bonds. The predicted octanol–water partition coefficient (Wildman–Crippen LogP) is -4.61. The van der Waals surface area contributed by atoms with Crippen LogP contribution in [0.25, 0.3) is 54.9 Å². The Bertz CT molecular complexity index is 2310. The van der Waals surface area contributed by atoms with Crippen LogP contribution in [0.3, 0.4) is 0 Å². The summed E-state index contributed by atoms with van der Waals surface area (Å²) in [6.07, 6.45) is 16.8. The lowest BCUT2D eigenvalue weighted by atomic mass is 9.92. The minimum absolute atomic E-state index is 0. The van der Waals surface area contributed by atoms with Crippen molar-refractivity contribution in [3.05, 3.63) is 171 Å². The van der Waals surface area contributed by atoms with E-state index in [4.69, 9.17) is 9.47 Å². The normalized spacial score (nSPS) is 10.4. The molecular formula is C46H42Br2I2N4O2. The highest BCUT2D eigenvalue weighted by Crippen LogP contribution is 2.45. The number of halogens is 4. The molecule has 8 aromatic rings. The van der Waals surface area contributed by atoms with Crippen molar-refractivity contribution in [3.8, 4) is 44.9 Å². The van der Waals surface area contributed by atoms with Crippen LogP contribution >= 0.6 is 0 Å². The molecule has 0 N–H and O–H groups in total. The quantitative estimate of drug-likeness (QED) is 0.0968. The molecule has 10 heteroatoms. The molecule has 0 saturated heterocycles. The van der Waals surface area contributed by atoms with E-state index in [1.165, 1.54) is 22.3 Å². The molecule has 0 radical (unpaired) electrons. The van der Waals surface area contributed by atoms with Gasteiger partial charge >= 0.3 is 0 Å². The van der Waals surface area contributed by atoms with Gasteiger partial charge in [0.15, 0.2) is 62.7 Å². The first-order valence-electron chi connectivity index (χ1n) is 17.8. The lowest BCUT2D eigenvalue weighted by molar-refractivity contribution is -0.697. The fourth-order valence-electron chi connectivity index (χ4n) is 6.77. The fourth-order valence-corrected chi connectivity index (χ4v) is 6.77. The Kier molecular flexibility index (Phi) is 16.8. The number of hydrogen-bond acceptors (Lipinski definition) is 2. The van der Waals surface area contributed by atoms with E-state index in [2.05, 4.69) is 180 Å². The Balaban J connectivity index is 0.00000174. The maximum atomic E-state index is 6.68. The van der Waals surface area contributed by atoms with Crippen LogP contribution in [0.15, 0.2) is 171 Å². The minimum atomic E-state index is 0. The van der Waals surface area contributed by atoms with Crippen molar-refractivity contribution in [1.29, 1.82) is 0 Å². The number of aromatic nitrogens is 4. The first-order chi connectivity index (χ1) is 25.6. The van der Waals surface area contributed by atoms with E-state index in [1.807, 2.05) is 23.2 Å². The molecular weight excluding hydrogens is 1050 g/mol. The van der Waals surface area contributed by atoms with Crippen molar-refractivity contribution in [2.75, 3.05) is 13.2 Å². The molecule has 0 atom stereocenters. The highest BCUT2D eigenvalue weighted by atomic mass is 127. The van der Waals surface area contributed by atoms with Gasteiger partial charge in [-0.15, -0.1) is 0 Å². The predicted molar refractivity (Wildman–Crippen MR) is 204 cm³/mol. The Hall–Kier alpha value is -3.98. The van der Waals surface area contributed by atoms with Crippen LogP contribution in [0.5, 0.6) is 11.5 Å². The van der Waals surface area contributed by atoms with Crippen molar-refractivity contribution in [3.63, 3.8) is 0 Å². The summed E-state index contributed by atoms with van der Waals surface area (Å²) in [4.78, 5) is 0. The Morgan fingerprint density at radius 1 is 0.393 bits per heavy atom. The number of aryl methyl sites for hydroxylation is 2. The average Bonchev–Trinajstić information content (AvgIpc) is 3.19. The second-order valence-corrected chi connectivity index (χ2v) is 13.2. The van der Waals surface area contributed by atoms with E-state index >= 15 is 0 Å². The first-order valence-corrected chi connectivity index (χ1v) is 17.8. The third-order valence-corrected chi connectivity index (χ3v) is 9.65. The number of nitrogens with zero attached hydrogens (tertiary/aromatic N) is 4. The van der Waals surface area contributed by atoms with Crippen molar-refractivity contribution in [2.24, 2.45) is 14.1 Å². The van der Waals surface area contributed by atoms with Crippen molar-refractivity contribution >= 4 is 21.5 Å². The lowest BCUT2D eigenvalue weighted by Gasteiger charge is -2.19. The number of ether oxygens (including phenoxy) is 2. The smallest absolute Gasteiger partial charge is 0.182 e. The van der Waals surface area contributed by atoms with E-state index < -0.39 is 0 Å². The zero-order valence-electron chi connectivity index (χ0n) is 31.1. The second kappa shape index (κ2) is 21.0. The summed E-state index contributed by atoms with van der Waals surface area (Å²) in [5, 5.41) is 4.58. The van der Waals surface area contributed by atoms with E-state index in [1.54, 1.807) is 0 Å². The van der Waals surface area contributed by atoms with Crippen LogP contribution in [-0.2, 0) is 27.2 Å². The molecule has 0 aliphatic rings. The van der Waals surface area contributed by atoms with Crippen molar-refractivity contribution < 1.29 is 110 Å². The summed E-state index contributed by atoms with van der Waals surface area (Å²) < 4.78 is 21.8. The van der Waals surface area contributed by atoms with Gasteiger partial charge < -0.3 is 91.4 Å². The summed E-state index contributed by atoms with van der Waals surface area (Å²) in [5.41, 5.74) is 6.88. The van der Waals surface area contributed by atoms with E-state index in [-0.39, 0.29) is 81.9 Å². The number of pyridine rings is 4. The van der Waals surface area contributed by atoms with Crippen LogP contribution in [-0.4, -0.2) is 13.2 Å². The van der Waals surface area contributed by atoms with Crippen LogP contribution in [0, 0.1) is 0 Å². The zero-order valence-corrected chi connectivity index (χ0v) is 38.6. The van der Waals surface area contributed by atoms with Gasteiger partial charge in [0, 0.05) is 59.7 Å². The van der Waals surface area contributed by atoms with Gasteiger partial charge in [0.25, 0.3) is 0 Å². The first kappa shape index (κ1) is 44.7. The Morgan fingerprint density at radius 3 is 1.07 bits per heavy atom. The third kappa shape index (κ3) is 10.3. The van der Waals surface area contributed by atoms with Crippen LogP contribution < -0.4 is 110 Å². The lowest BCUT2D eigenvalue weighted by Crippen LogP contribution is -3.00. The highest BCUT2D eigenvalue weighted by Gasteiger charge is 2.20. The summed E-state index contributed by atoms with van der Waals surface area (Å²) in [6, 6.07) is 42.8. The molecule has 0 saturated carbocycles. The van der Waals surface area contributed by atoms with Gasteiger partial charge in [0.1, 0.15) is 38.8 Å². The SMILES string of the molecule is C[n+]1ccc(-c2cc[n+](CCOc3ccc4ccccc4c3-c3c(OCC[n+]4ccc(-c5cc[n+](C)cc5)cc4)ccc4ccccc34)cc2)cc1.[Br-].[Br-].[I-].[I-]. The fraction of sp³-hybridized carbons (Fsp3) is 0.130. The number of rotatable bonds is 11. The summed E-state index contributed by atoms with van der Waals surface area (Å²) in [5.74, 6) is 1.68. The Morgan fingerprint density at radius 2 is 0.714 bits per heavy atom. The molecule has 0 fully saturated rings. The second-order valence-electron chi connectivity index (χ2n) is 13.2. The van der Waals surface area contributed by atoms with Crippen LogP contribution in [0.2, 0.25) is 0 Å². The van der Waals surface area contributed by atoms with E-state index in [9.17, 15) is 0 Å². The van der Waals surface area contributed by atoms with E-state index in [0.717, 1.165) is 44.2 Å². The molecule has 6 nitrogen and oxygen atoms in total. The van der Waals surface area contributed by atoms with Crippen molar-refractivity contribution in [2.45, 2.75) is 13.1 Å². The molecule has 0 aliphatic heterocycles. The number of fused-ring (bicyclic) bond motifs is 2. The minimum Gasteiger partial charge on any atom is -1.00 e. The highest BCUT2D eigenvalue weighted by molar-refractivity contribution is 6.09. The monoisotopic (exact) mass is 1090 g/mol. The molecule has 4 heterocycles.